The lowest BCUT2D eigenvalue weighted by Gasteiger charge is -2.25. The molecule has 27 heavy (non-hydrogen) atoms. The number of hydrogen-bond acceptors (Lipinski definition) is 2. The van der Waals surface area contributed by atoms with Crippen LogP contribution in [0.2, 0.25) is 5.02 Å². The van der Waals surface area contributed by atoms with E-state index >= 15 is 0 Å². The zero-order valence-electron chi connectivity index (χ0n) is 15.2. The fraction of sp³-hybridized carbons (Fsp3) is 0.364. The lowest BCUT2D eigenvalue weighted by molar-refractivity contribution is -0.131. The average molecular weight is 388 g/mol. The smallest absolute Gasteiger partial charge is 0.223 e. The van der Waals surface area contributed by atoms with Gasteiger partial charge < -0.3 is 4.90 Å². The summed E-state index contributed by atoms with van der Waals surface area (Å²) >= 11 is 5.84. The van der Waals surface area contributed by atoms with Crippen molar-refractivity contribution in [1.82, 2.24) is 4.90 Å². The van der Waals surface area contributed by atoms with E-state index in [4.69, 9.17) is 11.6 Å². The SMILES string of the molecule is O=C(CCC(=O)N1CCCCC(c2ccc(F)cc2)C1)c1ccc(Cl)cc1. The van der Waals surface area contributed by atoms with E-state index in [0.717, 1.165) is 24.8 Å². The van der Waals surface area contributed by atoms with Gasteiger partial charge in [-0.15, -0.1) is 0 Å². The van der Waals surface area contributed by atoms with Crippen molar-refractivity contribution in [2.24, 2.45) is 0 Å². The van der Waals surface area contributed by atoms with Crippen LogP contribution in [0.5, 0.6) is 0 Å². The minimum Gasteiger partial charge on any atom is -0.342 e. The molecule has 2 aromatic carbocycles. The van der Waals surface area contributed by atoms with Crippen LogP contribution in [0.3, 0.4) is 0 Å². The van der Waals surface area contributed by atoms with Crippen molar-refractivity contribution in [3.63, 3.8) is 0 Å². The monoisotopic (exact) mass is 387 g/mol. The van der Waals surface area contributed by atoms with Gasteiger partial charge in [-0.25, -0.2) is 4.39 Å². The molecular formula is C22H23ClFNO2. The number of hydrogen-bond donors (Lipinski definition) is 0. The number of rotatable bonds is 5. The van der Waals surface area contributed by atoms with Crippen molar-refractivity contribution >= 4 is 23.3 Å². The maximum absolute atomic E-state index is 13.2. The molecule has 1 atom stereocenters. The molecule has 1 unspecified atom stereocenters. The molecule has 0 saturated carbocycles. The van der Waals surface area contributed by atoms with Crippen LogP contribution >= 0.6 is 11.6 Å². The third-order valence-electron chi connectivity index (χ3n) is 5.10. The second kappa shape index (κ2) is 9.14. The van der Waals surface area contributed by atoms with Crippen molar-refractivity contribution in [2.75, 3.05) is 13.1 Å². The second-order valence-corrected chi connectivity index (χ2v) is 7.45. The van der Waals surface area contributed by atoms with Gasteiger partial charge in [0.15, 0.2) is 5.78 Å². The molecule has 1 aliphatic rings. The number of nitrogens with zero attached hydrogens (tertiary/aromatic N) is 1. The van der Waals surface area contributed by atoms with Crippen LogP contribution < -0.4 is 0 Å². The minimum absolute atomic E-state index is 0.00586. The lowest BCUT2D eigenvalue weighted by Crippen LogP contribution is -2.34. The first kappa shape index (κ1) is 19.6. The summed E-state index contributed by atoms with van der Waals surface area (Å²) < 4.78 is 13.2. The Kier molecular flexibility index (Phi) is 6.62. The van der Waals surface area contributed by atoms with Crippen LogP contribution in [0.15, 0.2) is 48.5 Å². The first-order valence-electron chi connectivity index (χ1n) is 9.35. The zero-order chi connectivity index (χ0) is 19.2. The van der Waals surface area contributed by atoms with E-state index in [1.165, 1.54) is 12.1 Å². The minimum atomic E-state index is -0.249. The molecule has 1 heterocycles. The van der Waals surface area contributed by atoms with E-state index in [0.29, 0.717) is 23.7 Å². The highest BCUT2D eigenvalue weighted by atomic mass is 35.5. The van der Waals surface area contributed by atoms with Crippen LogP contribution in [-0.2, 0) is 4.79 Å². The van der Waals surface area contributed by atoms with Gasteiger partial charge in [-0.05, 0) is 54.8 Å². The van der Waals surface area contributed by atoms with Gasteiger partial charge >= 0.3 is 0 Å². The number of ketones is 1. The van der Waals surface area contributed by atoms with Gasteiger partial charge in [0.25, 0.3) is 0 Å². The largest absolute Gasteiger partial charge is 0.342 e. The molecule has 0 radical (unpaired) electrons. The maximum atomic E-state index is 13.2. The molecule has 1 saturated heterocycles. The number of benzene rings is 2. The first-order valence-corrected chi connectivity index (χ1v) is 9.73. The van der Waals surface area contributed by atoms with Crippen molar-refractivity contribution in [3.05, 3.63) is 70.5 Å². The Hall–Kier alpha value is -2.20. The molecule has 3 nitrogen and oxygen atoms in total. The van der Waals surface area contributed by atoms with Crippen molar-refractivity contribution < 1.29 is 14.0 Å². The number of carbonyl (C=O) groups excluding carboxylic acids is 2. The summed E-state index contributed by atoms with van der Waals surface area (Å²) in [6.45, 7) is 1.34. The molecule has 0 N–H and O–H groups in total. The van der Waals surface area contributed by atoms with E-state index in [-0.39, 0.29) is 36.3 Å². The number of likely N-dealkylation sites (tertiary alicyclic amines) is 1. The summed E-state index contributed by atoms with van der Waals surface area (Å²) in [5, 5.41) is 0.582. The Morgan fingerprint density at radius 3 is 2.41 bits per heavy atom. The lowest BCUT2D eigenvalue weighted by atomic mass is 9.94. The second-order valence-electron chi connectivity index (χ2n) is 7.01. The van der Waals surface area contributed by atoms with E-state index in [1.54, 1.807) is 36.4 Å². The summed E-state index contributed by atoms with van der Waals surface area (Å²) in [7, 11) is 0. The van der Waals surface area contributed by atoms with Gasteiger partial charge in [-0.1, -0.05) is 30.2 Å². The number of amides is 1. The first-order chi connectivity index (χ1) is 13.0. The fourth-order valence-corrected chi connectivity index (χ4v) is 3.66. The Labute approximate surface area is 164 Å². The Bertz CT molecular complexity index is 789. The Morgan fingerprint density at radius 1 is 1.00 bits per heavy atom. The van der Waals surface area contributed by atoms with E-state index in [9.17, 15) is 14.0 Å². The topological polar surface area (TPSA) is 37.4 Å². The van der Waals surface area contributed by atoms with Gasteiger partial charge in [-0.2, -0.15) is 0 Å². The van der Waals surface area contributed by atoms with Gasteiger partial charge in [-0.3, -0.25) is 9.59 Å². The molecule has 0 bridgehead atoms. The van der Waals surface area contributed by atoms with Crippen LogP contribution in [-0.4, -0.2) is 29.7 Å². The normalized spacial score (nSPS) is 17.4. The summed E-state index contributed by atoms with van der Waals surface area (Å²) in [5.74, 6) is -0.0821. The molecule has 5 heteroatoms. The predicted octanol–water partition coefficient (Wildman–Crippen LogP) is 5.24. The Balaban J connectivity index is 1.58. The van der Waals surface area contributed by atoms with Crippen LogP contribution in [0.25, 0.3) is 0 Å². The molecule has 0 aliphatic carbocycles. The number of halogens is 2. The highest BCUT2D eigenvalue weighted by molar-refractivity contribution is 6.30. The molecule has 142 valence electrons. The number of Topliss-reactive ketones (excluding diaryl/α,β-unsaturated/α-hetero) is 1. The third-order valence-corrected chi connectivity index (χ3v) is 5.35. The molecule has 0 spiro atoms. The average Bonchev–Trinajstić information content (AvgIpc) is 2.93. The molecular weight excluding hydrogens is 365 g/mol. The molecule has 3 rings (SSSR count). The summed E-state index contributed by atoms with van der Waals surface area (Å²) in [4.78, 5) is 26.8. The standard InChI is InChI=1S/C22H23ClFNO2/c23-19-8-4-17(5-9-19)21(26)12-13-22(27)25-14-2-1-3-18(15-25)16-6-10-20(24)11-7-16/h4-11,18H,1-3,12-15H2. The fourth-order valence-electron chi connectivity index (χ4n) is 3.53. The van der Waals surface area contributed by atoms with Gasteiger partial charge in [0, 0.05) is 42.4 Å². The summed E-state index contributed by atoms with van der Waals surface area (Å²) in [6, 6.07) is 13.3. The van der Waals surface area contributed by atoms with Crippen molar-refractivity contribution in [2.45, 2.75) is 38.0 Å². The third kappa shape index (κ3) is 5.39. The highest BCUT2D eigenvalue weighted by Gasteiger charge is 2.23. The van der Waals surface area contributed by atoms with Crippen molar-refractivity contribution in [3.8, 4) is 0 Å². The van der Waals surface area contributed by atoms with Crippen LogP contribution in [0.4, 0.5) is 4.39 Å². The van der Waals surface area contributed by atoms with Crippen LogP contribution in [0, 0.1) is 5.82 Å². The predicted molar refractivity (Wildman–Crippen MR) is 105 cm³/mol. The molecule has 1 amide bonds. The maximum Gasteiger partial charge on any atom is 0.223 e. The molecule has 1 fully saturated rings. The Morgan fingerprint density at radius 2 is 1.70 bits per heavy atom. The van der Waals surface area contributed by atoms with E-state index in [1.807, 2.05) is 4.90 Å². The van der Waals surface area contributed by atoms with Crippen LogP contribution in [0.1, 0.15) is 53.9 Å². The quantitative estimate of drug-likeness (QED) is 0.658. The van der Waals surface area contributed by atoms with Gasteiger partial charge in [0.1, 0.15) is 5.82 Å². The number of carbonyl (C=O) groups is 2. The molecule has 0 aromatic heterocycles. The van der Waals surface area contributed by atoms with E-state index < -0.39 is 0 Å². The van der Waals surface area contributed by atoms with Crippen molar-refractivity contribution in [1.29, 1.82) is 0 Å². The zero-order valence-corrected chi connectivity index (χ0v) is 15.9. The van der Waals surface area contributed by atoms with E-state index in [2.05, 4.69) is 0 Å². The summed E-state index contributed by atoms with van der Waals surface area (Å²) in [5.41, 5.74) is 1.64. The highest BCUT2D eigenvalue weighted by Crippen LogP contribution is 2.27. The summed E-state index contributed by atoms with van der Waals surface area (Å²) in [6.07, 6.45) is 3.37. The van der Waals surface area contributed by atoms with Gasteiger partial charge in [0.2, 0.25) is 5.91 Å². The molecule has 2 aromatic rings. The molecule has 1 aliphatic heterocycles. The van der Waals surface area contributed by atoms with Gasteiger partial charge in [0.05, 0.1) is 0 Å².